The minimum Gasteiger partial charge on any atom is -0.489 e. The molecule has 1 heterocycles. The van der Waals surface area contributed by atoms with Crippen molar-refractivity contribution in [2.24, 2.45) is 0 Å². The first-order chi connectivity index (χ1) is 12.3. The number of rotatable bonds is 9. The molecule has 0 bridgehead atoms. The Kier molecular flexibility index (Phi) is 5.98. The highest BCUT2D eigenvalue weighted by Crippen LogP contribution is 2.15. The molecule has 3 rings (SSSR count). The van der Waals surface area contributed by atoms with Gasteiger partial charge in [0.2, 0.25) is 5.95 Å². The summed E-state index contributed by atoms with van der Waals surface area (Å²) in [7, 11) is 0. The van der Waals surface area contributed by atoms with Crippen LogP contribution in [-0.4, -0.2) is 20.2 Å². The number of aromatic nitrogens is 4. The molecule has 0 aliphatic carbocycles. The highest BCUT2D eigenvalue weighted by Gasteiger charge is 2.05. The minimum atomic E-state index is 0.574. The van der Waals surface area contributed by atoms with Crippen LogP contribution in [0.25, 0.3) is 0 Å². The number of unbranched alkanes of at least 4 members (excludes halogenated alkanes) is 1. The maximum absolute atomic E-state index is 5.80. The summed E-state index contributed by atoms with van der Waals surface area (Å²) in [4.78, 5) is 0. The zero-order valence-electron chi connectivity index (χ0n) is 14.4. The van der Waals surface area contributed by atoms with Gasteiger partial charge in [-0.05, 0) is 40.1 Å². The van der Waals surface area contributed by atoms with Crippen LogP contribution in [0.4, 0.5) is 5.95 Å². The fourth-order valence-corrected chi connectivity index (χ4v) is 2.42. The van der Waals surface area contributed by atoms with Gasteiger partial charge in [0.1, 0.15) is 12.4 Å². The van der Waals surface area contributed by atoms with Gasteiger partial charge in [-0.15, -0.1) is 0 Å². The molecule has 0 amide bonds. The van der Waals surface area contributed by atoms with Crippen molar-refractivity contribution in [2.75, 3.05) is 5.32 Å². The van der Waals surface area contributed by atoms with Gasteiger partial charge >= 0.3 is 0 Å². The summed E-state index contributed by atoms with van der Waals surface area (Å²) < 4.78 is 7.61. The lowest BCUT2D eigenvalue weighted by Gasteiger charge is -2.09. The third-order valence-corrected chi connectivity index (χ3v) is 3.88. The van der Waals surface area contributed by atoms with Crippen LogP contribution in [0.2, 0.25) is 0 Å². The van der Waals surface area contributed by atoms with Gasteiger partial charge in [0.15, 0.2) is 0 Å². The number of hydrogen-bond acceptors (Lipinski definition) is 5. The number of tetrazole rings is 1. The van der Waals surface area contributed by atoms with Gasteiger partial charge in [-0.3, -0.25) is 0 Å². The highest BCUT2D eigenvalue weighted by molar-refractivity contribution is 5.31. The summed E-state index contributed by atoms with van der Waals surface area (Å²) in [6, 6.07) is 18.2. The quantitative estimate of drug-likeness (QED) is 0.645. The number of anilines is 1. The maximum Gasteiger partial charge on any atom is 0.243 e. The molecule has 0 spiro atoms. The molecule has 1 aromatic heterocycles. The van der Waals surface area contributed by atoms with Crippen molar-refractivity contribution in [2.45, 2.75) is 39.5 Å². The lowest BCUT2D eigenvalue weighted by Crippen LogP contribution is -2.09. The molecule has 6 heteroatoms. The molecule has 0 saturated heterocycles. The molecule has 1 N–H and O–H groups in total. The van der Waals surface area contributed by atoms with Gasteiger partial charge in [0.05, 0.1) is 0 Å². The van der Waals surface area contributed by atoms with E-state index in [0.29, 0.717) is 19.1 Å². The van der Waals surface area contributed by atoms with Crippen LogP contribution in [0.15, 0.2) is 54.6 Å². The van der Waals surface area contributed by atoms with E-state index < -0.39 is 0 Å². The SMILES string of the molecule is CCCCn1nnnc1NCc1ccc(OCc2ccccc2)cc1. The summed E-state index contributed by atoms with van der Waals surface area (Å²) in [5.74, 6) is 1.57. The predicted molar refractivity (Wildman–Crippen MR) is 97.3 cm³/mol. The molecular formula is C19H23N5O. The average Bonchev–Trinajstić information content (AvgIpc) is 3.12. The van der Waals surface area contributed by atoms with E-state index in [2.05, 4.69) is 39.9 Å². The third-order valence-electron chi connectivity index (χ3n) is 3.88. The molecule has 0 aliphatic heterocycles. The minimum absolute atomic E-state index is 0.574. The van der Waals surface area contributed by atoms with Crippen molar-refractivity contribution >= 4 is 5.95 Å². The van der Waals surface area contributed by atoms with Gasteiger partial charge in [0, 0.05) is 13.1 Å². The smallest absolute Gasteiger partial charge is 0.243 e. The van der Waals surface area contributed by atoms with Crippen molar-refractivity contribution in [1.82, 2.24) is 20.2 Å². The Labute approximate surface area is 147 Å². The largest absolute Gasteiger partial charge is 0.489 e. The van der Waals surface area contributed by atoms with E-state index in [-0.39, 0.29) is 0 Å². The number of nitrogens with zero attached hydrogens (tertiary/aromatic N) is 4. The Morgan fingerprint density at radius 3 is 2.56 bits per heavy atom. The second-order valence-electron chi connectivity index (χ2n) is 5.85. The van der Waals surface area contributed by atoms with Crippen molar-refractivity contribution in [3.8, 4) is 5.75 Å². The molecule has 0 aliphatic rings. The number of benzene rings is 2. The zero-order chi connectivity index (χ0) is 17.3. The van der Waals surface area contributed by atoms with Crippen LogP contribution >= 0.6 is 0 Å². The molecule has 6 nitrogen and oxygen atoms in total. The molecule has 0 atom stereocenters. The van der Waals surface area contributed by atoms with Crippen LogP contribution in [0.3, 0.4) is 0 Å². The summed E-state index contributed by atoms with van der Waals surface area (Å²) in [5.41, 5.74) is 2.31. The summed E-state index contributed by atoms with van der Waals surface area (Å²) in [6.45, 7) is 4.23. The number of ether oxygens (including phenoxy) is 1. The summed E-state index contributed by atoms with van der Waals surface area (Å²) >= 11 is 0. The third kappa shape index (κ3) is 5.04. The van der Waals surface area contributed by atoms with Gasteiger partial charge in [0.25, 0.3) is 0 Å². The van der Waals surface area contributed by atoms with E-state index in [4.69, 9.17) is 4.74 Å². The van der Waals surface area contributed by atoms with Gasteiger partial charge in [-0.1, -0.05) is 60.9 Å². The number of aryl methyl sites for hydroxylation is 1. The topological polar surface area (TPSA) is 64.9 Å². The molecule has 130 valence electrons. The molecule has 2 aromatic carbocycles. The van der Waals surface area contributed by atoms with Crippen LogP contribution in [0.1, 0.15) is 30.9 Å². The first kappa shape index (κ1) is 17.0. The van der Waals surface area contributed by atoms with E-state index in [9.17, 15) is 0 Å². The van der Waals surface area contributed by atoms with E-state index in [1.165, 1.54) is 0 Å². The normalized spacial score (nSPS) is 10.6. The van der Waals surface area contributed by atoms with E-state index in [1.54, 1.807) is 4.68 Å². The van der Waals surface area contributed by atoms with Gasteiger partial charge in [-0.2, -0.15) is 0 Å². The van der Waals surface area contributed by atoms with Crippen molar-refractivity contribution in [3.63, 3.8) is 0 Å². The molecule has 3 aromatic rings. The van der Waals surface area contributed by atoms with Gasteiger partial charge < -0.3 is 10.1 Å². The lowest BCUT2D eigenvalue weighted by atomic mass is 10.2. The van der Waals surface area contributed by atoms with Crippen molar-refractivity contribution in [3.05, 3.63) is 65.7 Å². The average molecular weight is 337 g/mol. The molecule has 0 unspecified atom stereocenters. The Morgan fingerprint density at radius 2 is 1.80 bits per heavy atom. The lowest BCUT2D eigenvalue weighted by molar-refractivity contribution is 0.306. The Hall–Kier alpha value is -2.89. The molecule has 25 heavy (non-hydrogen) atoms. The maximum atomic E-state index is 5.80. The first-order valence-corrected chi connectivity index (χ1v) is 8.61. The summed E-state index contributed by atoms with van der Waals surface area (Å²) in [5, 5.41) is 15.1. The van der Waals surface area contributed by atoms with Crippen molar-refractivity contribution < 1.29 is 4.74 Å². The van der Waals surface area contributed by atoms with Gasteiger partial charge in [-0.25, -0.2) is 4.68 Å². The monoisotopic (exact) mass is 337 g/mol. The molecule has 0 saturated carbocycles. The Balaban J connectivity index is 1.50. The Morgan fingerprint density at radius 1 is 1.00 bits per heavy atom. The number of hydrogen-bond donors (Lipinski definition) is 1. The second-order valence-corrected chi connectivity index (χ2v) is 5.85. The molecular weight excluding hydrogens is 314 g/mol. The highest BCUT2D eigenvalue weighted by atomic mass is 16.5. The predicted octanol–water partition coefficient (Wildman–Crippen LogP) is 3.66. The Bertz CT molecular complexity index is 755. The second kappa shape index (κ2) is 8.82. The zero-order valence-corrected chi connectivity index (χ0v) is 14.4. The summed E-state index contributed by atoms with van der Waals surface area (Å²) in [6.07, 6.45) is 2.18. The fourth-order valence-electron chi connectivity index (χ4n) is 2.42. The molecule has 0 fully saturated rings. The number of nitrogens with one attached hydrogen (secondary N) is 1. The van der Waals surface area contributed by atoms with Crippen LogP contribution in [-0.2, 0) is 19.7 Å². The molecule has 0 radical (unpaired) electrons. The van der Waals surface area contributed by atoms with E-state index in [0.717, 1.165) is 36.3 Å². The van der Waals surface area contributed by atoms with Crippen molar-refractivity contribution in [1.29, 1.82) is 0 Å². The standard InChI is InChI=1S/C19H23N5O/c1-2-3-13-24-19(21-22-23-24)20-14-16-9-11-18(12-10-16)25-15-17-7-5-4-6-8-17/h4-12H,2-3,13-15H2,1H3,(H,20,21,23). The van der Waals surface area contributed by atoms with Crippen LogP contribution < -0.4 is 10.1 Å². The van der Waals surface area contributed by atoms with E-state index >= 15 is 0 Å². The fraction of sp³-hybridized carbons (Fsp3) is 0.316. The first-order valence-electron chi connectivity index (χ1n) is 8.61. The van der Waals surface area contributed by atoms with Crippen LogP contribution in [0, 0.1) is 0 Å². The van der Waals surface area contributed by atoms with Crippen LogP contribution in [0.5, 0.6) is 5.75 Å². The van der Waals surface area contributed by atoms with E-state index in [1.807, 2.05) is 42.5 Å².